The van der Waals surface area contributed by atoms with Gasteiger partial charge in [-0.05, 0) is 61.6 Å². The van der Waals surface area contributed by atoms with Gasteiger partial charge in [0.1, 0.15) is 11.9 Å². The first kappa shape index (κ1) is 22.3. The molecule has 0 bridgehead atoms. The van der Waals surface area contributed by atoms with Gasteiger partial charge in [-0.15, -0.1) is 0 Å². The number of pyridine rings is 2. The Bertz CT molecular complexity index is 1260. The second kappa shape index (κ2) is 9.37. The van der Waals surface area contributed by atoms with Crippen LogP contribution < -0.4 is 5.73 Å². The first-order valence-electron chi connectivity index (χ1n) is 11.6. The Morgan fingerprint density at radius 3 is 2.82 bits per heavy atom. The van der Waals surface area contributed by atoms with E-state index in [0.29, 0.717) is 42.6 Å². The zero-order valence-corrected chi connectivity index (χ0v) is 19.2. The lowest BCUT2D eigenvalue weighted by atomic mass is 9.98. The SMILES string of the molecule is C[C@@H]1OCc2c1c(N)nc1ccc(C(=O)N(Cc3ccc(C#N)cn3)CC3CCOCC3)cc21. The van der Waals surface area contributed by atoms with Crippen LogP contribution in [0.1, 0.15) is 58.6 Å². The van der Waals surface area contributed by atoms with Crippen molar-refractivity contribution in [3.05, 3.63) is 64.5 Å². The fraction of sp³-hybridized carbons (Fsp3) is 0.385. The van der Waals surface area contributed by atoms with E-state index in [1.807, 2.05) is 36.1 Å². The lowest BCUT2D eigenvalue weighted by Gasteiger charge is -2.30. The Labute approximate surface area is 198 Å². The molecule has 2 N–H and O–H groups in total. The fourth-order valence-electron chi connectivity index (χ4n) is 4.82. The van der Waals surface area contributed by atoms with Crippen LogP contribution in [0.3, 0.4) is 0 Å². The van der Waals surface area contributed by atoms with E-state index >= 15 is 0 Å². The van der Waals surface area contributed by atoms with E-state index < -0.39 is 0 Å². The van der Waals surface area contributed by atoms with Crippen LogP contribution in [0, 0.1) is 17.2 Å². The highest BCUT2D eigenvalue weighted by atomic mass is 16.5. The Morgan fingerprint density at radius 2 is 2.09 bits per heavy atom. The minimum Gasteiger partial charge on any atom is -0.383 e. The number of nitrogens with two attached hydrogens (primary N) is 1. The molecule has 0 spiro atoms. The molecule has 1 aromatic carbocycles. The van der Waals surface area contributed by atoms with Gasteiger partial charge in [-0.2, -0.15) is 5.26 Å². The van der Waals surface area contributed by atoms with Gasteiger partial charge in [-0.1, -0.05) is 0 Å². The zero-order valence-electron chi connectivity index (χ0n) is 19.2. The van der Waals surface area contributed by atoms with E-state index in [4.69, 9.17) is 20.5 Å². The molecular weight excluding hydrogens is 430 g/mol. The number of carbonyl (C=O) groups is 1. The molecule has 1 atom stereocenters. The van der Waals surface area contributed by atoms with E-state index in [-0.39, 0.29) is 12.0 Å². The van der Waals surface area contributed by atoms with Crippen molar-refractivity contribution in [2.75, 3.05) is 25.5 Å². The molecule has 0 aliphatic carbocycles. The van der Waals surface area contributed by atoms with Crippen LogP contribution in [-0.4, -0.2) is 40.5 Å². The number of hydrogen-bond acceptors (Lipinski definition) is 7. The molecule has 8 heteroatoms. The van der Waals surface area contributed by atoms with E-state index in [1.165, 1.54) is 0 Å². The van der Waals surface area contributed by atoms with Gasteiger partial charge in [-0.25, -0.2) is 4.98 Å². The maximum absolute atomic E-state index is 13.8. The standard InChI is InChI=1S/C26H27N5O3/c1-16-24-22(15-34-16)21-10-19(3-5-23(21)30-25(24)28)26(32)31(13-17-6-8-33-9-7-17)14-20-4-2-18(11-27)12-29-20/h2-5,10,12,16-17H,6-9,13-15H2,1H3,(H2,28,30)/t16-/m0/s1. The van der Waals surface area contributed by atoms with Crippen molar-refractivity contribution in [3.8, 4) is 6.07 Å². The van der Waals surface area contributed by atoms with Gasteiger partial charge < -0.3 is 20.1 Å². The number of carbonyl (C=O) groups excluding carboxylic acids is 1. The molecule has 5 rings (SSSR count). The van der Waals surface area contributed by atoms with Gasteiger partial charge in [0.2, 0.25) is 0 Å². The molecule has 1 amide bonds. The molecule has 1 fully saturated rings. The van der Waals surface area contributed by atoms with Crippen molar-refractivity contribution < 1.29 is 14.3 Å². The van der Waals surface area contributed by atoms with Crippen LogP contribution >= 0.6 is 0 Å². The predicted molar refractivity (Wildman–Crippen MR) is 127 cm³/mol. The van der Waals surface area contributed by atoms with Crippen molar-refractivity contribution in [2.45, 2.75) is 39.0 Å². The monoisotopic (exact) mass is 457 g/mol. The number of anilines is 1. The largest absolute Gasteiger partial charge is 0.383 e. The lowest BCUT2D eigenvalue weighted by Crippen LogP contribution is -2.37. The van der Waals surface area contributed by atoms with Gasteiger partial charge in [0.15, 0.2) is 0 Å². The summed E-state index contributed by atoms with van der Waals surface area (Å²) in [5.41, 5.74) is 10.7. The van der Waals surface area contributed by atoms with E-state index in [9.17, 15) is 4.79 Å². The van der Waals surface area contributed by atoms with Gasteiger partial charge in [-0.3, -0.25) is 9.78 Å². The minimum absolute atomic E-state index is 0.0582. The van der Waals surface area contributed by atoms with Crippen LogP contribution in [-0.2, 0) is 22.6 Å². The third kappa shape index (κ3) is 4.32. The molecule has 1 saturated heterocycles. The number of ether oxygens (including phenoxy) is 2. The van der Waals surface area contributed by atoms with E-state index in [1.54, 1.807) is 12.3 Å². The van der Waals surface area contributed by atoms with E-state index in [0.717, 1.165) is 53.8 Å². The second-order valence-corrected chi connectivity index (χ2v) is 8.97. The van der Waals surface area contributed by atoms with Crippen LogP contribution in [0.15, 0.2) is 36.5 Å². The Morgan fingerprint density at radius 1 is 1.26 bits per heavy atom. The normalized spacial score (nSPS) is 17.9. The summed E-state index contributed by atoms with van der Waals surface area (Å²) in [7, 11) is 0. The summed E-state index contributed by atoms with van der Waals surface area (Å²) in [6.45, 7) is 4.85. The Balaban J connectivity index is 1.48. The summed E-state index contributed by atoms with van der Waals surface area (Å²) in [6, 6.07) is 11.2. The second-order valence-electron chi connectivity index (χ2n) is 8.97. The summed E-state index contributed by atoms with van der Waals surface area (Å²) in [6.07, 6.45) is 3.28. The zero-order chi connectivity index (χ0) is 23.7. The average molecular weight is 458 g/mol. The van der Waals surface area contributed by atoms with Gasteiger partial charge in [0.05, 0.1) is 36.0 Å². The molecule has 3 aromatic rings. The highest BCUT2D eigenvalue weighted by Crippen LogP contribution is 2.38. The molecule has 2 aromatic heterocycles. The summed E-state index contributed by atoms with van der Waals surface area (Å²) >= 11 is 0. The number of rotatable bonds is 5. The summed E-state index contributed by atoms with van der Waals surface area (Å²) < 4.78 is 11.3. The fourth-order valence-corrected chi connectivity index (χ4v) is 4.82. The van der Waals surface area contributed by atoms with Gasteiger partial charge in [0.25, 0.3) is 5.91 Å². The minimum atomic E-state index is -0.112. The Kier molecular flexibility index (Phi) is 6.14. The summed E-state index contributed by atoms with van der Waals surface area (Å²) in [5, 5.41) is 9.97. The molecule has 2 aliphatic rings. The van der Waals surface area contributed by atoms with Crippen LogP contribution in [0.5, 0.6) is 0 Å². The third-order valence-electron chi connectivity index (χ3n) is 6.71. The van der Waals surface area contributed by atoms with Gasteiger partial charge in [0, 0.05) is 42.5 Å². The molecule has 8 nitrogen and oxygen atoms in total. The number of nitrogen functional groups attached to an aromatic ring is 1. The maximum atomic E-state index is 13.8. The quantitative estimate of drug-likeness (QED) is 0.621. The Hall–Kier alpha value is -3.54. The number of benzene rings is 1. The molecule has 4 heterocycles. The van der Waals surface area contributed by atoms with Crippen molar-refractivity contribution in [2.24, 2.45) is 5.92 Å². The highest BCUT2D eigenvalue weighted by Gasteiger charge is 2.27. The number of nitriles is 1. The first-order valence-corrected chi connectivity index (χ1v) is 11.6. The summed E-state index contributed by atoms with van der Waals surface area (Å²) in [4.78, 5) is 24.6. The first-order chi connectivity index (χ1) is 16.5. The number of hydrogen-bond donors (Lipinski definition) is 1. The smallest absolute Gasteiger partial charge is 0.254 e. The van der Waals surface area contributed by atoms with Crippen molar-refractivity contribution in [3.63, 3.8) is 0 Å². The molecule has 2 aliphatic heterocycles. The molecule has 0 unspecified atom stereocenters. The molecule has 0 radical (unpaired) electrons. The third-order valence-corrected chi connectivity index (χ3v) is 6.71. The number of amides is 1. The van der Waals surface area contributed by atoms with Crippen molar-refractivity contribution in [1.29, 1.82) is 5.26 Å². The maximum Gasteiger partial charge on any atom is 0.254 e. The highest BCUT2D eigenvalue weighted by molar-refractivity contribution is 5.99. The molecular formula is C26H27N5O3. The molecule has 34 heavy (non-hydrogen) atoms. The predicted octanol–water partition coefficient (Wildman–Crippen LogP) is 3.74. The number of aromatic nitrogens is 2. The average Bonchev–Trinajstić information content (AvgIpc) is 3.26. The molecule has 0 saturated carbocycles. The van der Waals surface area contributed by atoms with Crippen molar-refractivity contribution >= 4 is 22.6 Å². The van der Waals surface area contributed by atoms with Crippen LogP contribution in [0.4, 0.5) is 5.82 Å². The van der Waals surface area contributed by atoms with Crippen LogP contribution in [0.25, 0.3) is 10.9 Å². The lowest BCUT2D eigenvalue weighted by molar-refractivity contribution is 0.0444. The van der Waals surface area contributed by atoms with Gasteiger partial charge >= 0.3 is 0 Å². The van der Waals surface area contributed by atoms with Crippen LogP contribution in [0.2, 0.25) is 0 Å². The number of nitrogens with zero attached hydrogens (tertiary/aromatic N) is 4. The number of fused-ring (bicyclic) bond motifs is 3. The van der Waals surface area contributed by atoms with Crippen molar-refractivity contribution in [1.82, 2.24) is 14.9 Å². The molecule has 174 valence electrons. The topological polar surface area (TPSA) is 114 Å². The summed E-state index contributed by atoms with van der Waals surface area (Å²) in [5.74, 6) is 0.799. The van der Waals surface area contributed by atoms with E-state index in [2.05, 4.69) is 16.0 Å².